The van der Waals surface area contributed by atoms with Crippen LogP contribution in [0.4, 0.5) is 8.78 Å². The summed E-state index contributed by atoms with van der Waals surface area (Å²) in [6.45, 7) is 1.35. The van der Waals surface area contributed by atoms with Gasteiger partial charge in [-0.3, -0.25) is 4.79 Å². The zero-order valence-corrected chi connectivity index (χ0v) is 7.61. The zero-order valence-electron chi connectivity index (χ0n) is 6.85. The fourth-order valence-corrected chi connectivity index (χ4v) is 1.19. The van der Waals surface area contributed by atoms with Crippen molar-refractivity contribution in [2.45, 2.75) is 13.3 Å². The van der Waals surface area contributed by atoms with Gasteiger partial charge < -0.3 is 0 Å². The highest BCUT2D eigenvalue weighted by atomic mass is 35.5. The number of carbonyl (C=O) groups excluding carboxylic acids is 1. The van der Waals surface area contributed by atoms with Gasteiger partial charge >= 0.3 is 0 Å². The summed E-state index contributed by atoms with van der Waals surface area (Å²) < 4.78 is 24.4. The lowest BCUT2D eigenvalue weighted by molar-refractivity contribution is 0.101. The molecular weight excluding hydrogens is 198 g/mol. The smallest absolute Gasteiger partial charge is 0.265 e. The second-order valence-electron chi connectivity index (χ2n) is 2.59. The monoisotopic (exact) mass is 204 g/mol. The fraction of sp³-hybridized carbons (Fsp3) is 0.222. The maximum atomic E-state index is 12.2. The molecule has 0 saturated carbocycles. The average molecular weight is 205 g/mol. The first kappa shape index (κ1) is 10.1. The minimum atomic E-state index is -2.60. The van der Waals surface area contributed by atoms with Gasteiger partial charge in [-0.2, -0.15) is 0 Å². The highest BCUT2D eigenvalue weighted by Crippen LogP contribution is 2.27. The zero-order chi connectivity index (χ0) is 10.0. The largest absolute Gasteiger partial charge is 0.295 e. The van der Waals surface area contributed by atoms with Gasteiger partial charge in [0.2, 0.25) is 0 Å². The number of hydrogen-bond acceptors (Lipinski definition) is 1. The first-order valence-corrected chi connectivity index (χ1v) is 3.98. The fourth-order valence-electron chi connectivity index (χ4n) is 0.923. The van der Waals surface area contributed by atoms with Gasteiger partial charge in [-0.05, 0) is 13.0 Å². The number of carbonyl (C=O) groups is 1. The minimum Gasteiger partial charge on any atom is -0.295 e. The van der Waals surface area contributed by atoms with Crippen molar-refractivity contribution in [3.63, 3.8) is 0 Å². The topological polar surface area (TPSA) is 17.1 Å². The van der Waals surface area contributed by atoms with Crippen molar-refractivity contribution in [3.05, 3.63) is 34.3 Å². The summed E-state index contributed by atoms with van der Waals surface area (Å²) in [5, 5.41) is -0.0669. The Morgan fingerprint density at radius 3 is 2.46 bits per heavy atom. The van der Waals surface area contributed by atoms with Crippen molar-refractivity contribution < 1.29 is 13.6 Å². The second kappa shape index (κ2) is 3.83. The maximum absolute atomic E-state index is 12.2. The van der Waals surface area contributed by atoms with E-state index in [1.807, 2.05) is 0 Å². The number of halogens is 3. The van der Waals surface area contributed by atoms with Crippen molar-refractivity contribution in [1.82, 2.24) is 0 Å². The maximum Gasteiger partial charge on any atom is 0.265 e. The van der Waals surface area contributed by atoms with Gasteiger partial charge in [0, 0.05) is 11.1 Å². The number of alkyl halides is 2. The molecule has 0 atom stereocenters. The Balaban J connectivity index is 3.13. The lowest BCUT2D eigenvalue weighted by atomic mass is 10.1. The molecule has 0 saturated heterocycles. The molecule has 0 amide bonds. The normalized spacial score (nSPS) is 10.5. The van der Waals surface area contributed by atoms with E-state index in [0.717, 1.165) is 0 Å². The van der Waals surface area contributed by atoms with Crippen LogP contribution < -0.4 is 0 Å². The molecule has 0 bridgehead atoms. The summed E-state index contributed by atoms with van der Waals surface area (Å²) in [5.74, 6) is -0.192. The standard InChI is InChI=1S/C9H7ClF2O/c1-5(13)6-2-3-7(9(11)12)8(10)4-6/h2-4,9H,1H3. The number of hydrogen-bond donors (Lipinski definition) is 0. The second-order valence-corrected chi connectivity index (χ2v) is 3.00. The molecule has 70 valence electrons. The molecular formula is C9H7ClF2O. The molecule has 0 aliphatic carbocycles. The molecule has 1 nitrogen and oxygen atoms in total. The third kappa shape index (κ3) is 2.25. The predicted molar refractivity (Wildman–Crippen MR) is 46.4 cm³/mol. The third-order valence-corrected chi connectivity index (χ3v) is 1.97. The molecule has 0 unspecified atom stereocenters. The van der Waals surface area contributed by atoms with E-state index in [-0.39, 0.29) is 16.4 Å². The van der Waals surface area contributed by atoms with Crippen LogP contribution in [0.3, 0.4) is 0 Å². The molecule has 1 aromatic carbocycles. The number of rotatable bonds is 2. The van der Waals surface area contributed by atoms with E-state index in [0.29, 0.717) is 5.56 Å². The van der Waals surface area contributed by atoms with E-state index in [2.05, 4.69) is 0 Å². The molecule has 0 heterocycles. The van der Waals surface area contributed by atoms with E-state index in [9.17, 15) is 13.6 Å². The first-order chi connectivity index (χ1) is 6.02. The van der Waals surface area contributed by atoms with Crippen molar-refractivity contribution in [1.29, 1.82) is 0 Å². The Morgan fingerprint density at radius 2 is 2.08 bits per heavy atom. The highest BCUT2D eigenvalue weighted by Gasteiger charge is 2.12. The Bertz CT molecular complexity index is 336. The quantitative estimate of drug-likeness (QED) is 0.674. The molecule has 0 N–H and O–H groups in total. The Kier molecular flexibility index (Phi) is 2.98. The molecule has 0 spiro atoms. The van der Waals surface area contributed by atoms with Crippen LogP contribution in [0.25, 0.3) is 0 Å². The van der Waals surface area contributed by atoms with Crippen LogP contribution in [0, 0.1) is 0 Å². The molecule has 0 radical (unpaired) electrons. The molecule has 13 heavy (non-hydrogen) atoms. The summed E-state index contributed by atoms with van der Waals surface area (Å²) in [5.41, 5.74) is 0.0982. The predicted octanol–water partition coefficient (Wildman–Crippen LogP) is 3.48. The SMILES string of the molecule is CC(=O)c1ccc(C(F)F)c(Cl)c1. The Morgan fingerprint density at radius 1 is 1.46 bits per heavy atom. The summed E-state index contributed by atoms with van der Waals surface area (Å²) in [7, 11) is 0. The Hall–Kier alpha value is -0.960. The summed E-state index contributed by atoms with van der Waals surface area (Å²) in [4.78, 5) is 10.8. The average Bonchev–Trinajstić information content (AvgIpc) is 2.03. The molecule has 1 rings (SSSR count). The molecule has 0 aromatic heterocycles. The molecule has 0 fully saturated rings. The van der Waals surface area contributed by atoms with Gasteiger partial charge in [-0.1, -0.05) is 23.7 Å². The van der Waals surface area contributed by atoms with E-state index < -0.39 is 6.43 Å². The van der Waals surface area contributed by atoms with Gasteiger partial charge in [-0.15, -0.1) is 0 Å². The molecule has 1 aromatic rings. The van der Waals surface area contributed by atoms with Crippen molar-refractivity contribution >= 4 is 17.4 Å². The minimum absolute atomic E-state index is 0.0669. The van der Waals surface area contributed by atoms with Crippen LogP contribution in [0.2, 0.25) is 5.02 Å². The first-order valence-electron chi connectivity index (χ1n) is 3.61. The van der Waals surface area contributed by atoms with Gasteiger partial charge in [-0.25, -0.2) is 8.78 Å². The van der Waals surface area contributed by atoms with Crippen LogP contribution in [0.5, 0.6) is 0 Å². The summed E-state index contributed by atoms with van der Waals surface area (Å²) in [6.07, 6.45) is -2.60. The lowest BCUT2D eigenvalue weighted by Crippen LogP contribution is -1.94. The molecule has 0 aliphatic heterocycles. The van der Waals surface area contributed by atoms with Crippen molar-refractivity contribution in [2.75, 3.05) is 0 Å². The highest BCUT2D eigenvalue weighted by molar-refractivity contribution is 6.31. The Labute approximate surface area is 79.3 Å². The summed E-state index contributed by atoms with van der Waals surface area (Å²) >= 11 is 5.54. The van der Waals surface area contributed by atoms with Gasteiger partial charge in [0.1, 0.15) is 0 Å². The summed E-state index contributed by atoms with van der Waals surface area (Å²) in [6, 6.07) is 3.77. The molecule has 0 aliphatic rings. The van der Waals surface area contributed by atoms with E-state index >= 15 is 0 Å². The van der Waals surface area contributed by atoms with Gasteiger partial charge in [0.15, 0.2) is 5.78 Å². The van der Waals surface area contributed by atoms with Crippen LogP contribution in [0.1, 0.15) is 29.3 Å². The van der Waals surface area contributed by atoms with Crippen molar-refractivity contribution in [3.8, 4) is 0 Å². The number of benzene rings is 1. The van der Waals surface area contributed by atoms with Crippen LogP contribution in [0.15, 0.2) is 18.2 Å². The van der Waals surface area contributed by atoms with Crippen LogP contribution >= 0.6 is 11.6 Å². The third-order valence-electron chi connectivity index (χ3n) is 1.64. The van der Waals surface area contributed by atoms with Crippen LogP contribution in [-0.2, 0) is 0 Å². The number of ketones is 1. The lowest BCUT2D eigenvalue weighted by Gasteiger charge is -2.03. The van der Waals surface area contributed by atoms with Gasteiger partial charge in [0.25, 0.3) is 6.43 Å². The molecule has 4 heteroatoms. The van der Waals surface area contributed by atoms with Crippen LogP contribution in [-0.4, -0.2) is 5.78 Å². The van der Waals surface area contributed by atoms with E-state index in [1.165, 1.54) is 25.1 Å². The van der Waals surface area contributed by atoms with Crippen molar-refractivity contribution in [2.24, 2.45) is 0 Å². The number of Topliss-reactive ketones (excluding diaryl/α,β-unsaturated/α-hetero) is 1. The van der Waals surface area contributed by atoms with E-state index in [1.54, 1.807) is 0 Å². The van der Waals surface area contributed by atoms with E-state index in [4.69, 9.17) is 11.6 Å². The van der Waals surface area contributed by atoms with Gasteiger partial charge in [0.05, 0.1) is 5.02 Å².